The van der Waals surface area contributed by atoms with Crippen LogP contribution in [0.4, 0.5) is 4.39 Å². The lowest BCUT2D eigenvalue weighted by molar-refractivity contribution is 0.0937. The maximum Gasteiger partial charge on any atom is 0.251 e. The highest BCUT2D eigenvalue weighted by molar-refractivity contribution is 6.31. The van der Waals surface area contributed by atoms with Crippen LogP contribution in [0.5, 0.6) is 0 Å². The average molecular weight is 232 g/mol. The summed E-state index contributed by atoms with van der Waals surface area (Å²) in [5.41, 5.74) is 0.331. The molecule has 0 fully saturated rings. The molecule has 0 aliphatic heterocycles. The van der Waals surface area contributed by atoms with Crippen molar-refractivity contribution in [3.05, 3.63) is 34.6 Å². The predicted octanol–water partition coefficient (Wildman–Crippen LogP) is 1.86. The van der Waals surface area contributed by atoms with Gasteiger partial charge in [-0.15, -0.1) is 0 Å². The number of hydrogen-bond acceptors (Lipinski definition) is 2. The molecule has 0 saturated carbocycles. The molecule has 0 spiro atoms. The van der Waals surface area contributed by atoms with Crippen LogP contribution in [0.25, 0.3) is 0 Å². The van der Waals surface area contributed by atoms with E-state index >= 15 is 0 Å². The molecule has 1 aromatic rings. The summed E-state index contributed by atoms with van der Waals surface area (Å²) in [6, 6.07) is 3.83. The Morgan fingerprint density at radius 1 is 1.60 bits per heavy atom. The fourth-order valence-corrected chi connectivity index (χ4v) is 1.19. The van der Waals surface area contributed by atoms with Gasteiger partial charge in [-0.1, -0.05) is 11.6 Å². The van der Waals surface area contributed by atoms with Crippen LogP contribution >= 0.6 is 11.6 Å². The van der Waals surface area contributed by atoms with E-state index in [2.05, 4.69) is 5.32 Å². The van der Waals surface area contributed by atoms with Gasteiger partial charge < -0.3 is 10.1 Å². The highest BCUT2D eigenvalue weighted by Gasteiger charge is 2.07. The first kappa shape index (κ1) is 11.9. The summed E-state index contributed by atoms with van der Waals surface area (Å²) in [4.78, 5) is 11.4. The largest absolute Gasteiger partial charge is 0.383 e. The van der Waals surface area contributed by atoms with Crippen molar-refractivity contribution in [1.29, 1.82) is 0 Å². The molecule has 0 radical (unpaired) electrons. The lowest BCUT2D eigenvalue weighted by atomic mass is 10.2. The van der Waals surface area contributed by atoms with Crippen LogP contribution in [0, 0.1) is 5.82 Å². The van der Waals surface area contributed by atoms with Gasteiger partial charge in [0, 0.05) is 19.2 Å². The van der Waals surface area contributed by atoms with Crippen LogP contribution in [0.2, 0.25) is 5.02 Å². The topological polar surface area (TPSA) is 38.3 Å². The van der Waals surface area contributed by atoms with Crippen molar-refractivity contribution in [2.45, 2.75) is 0 Å². The van der Waals surface area contributed by atoms with Crippen molar-refractivity contribution >= 4 is 17.5 Å². The summed E-state index contributed by atoms with van der Waals surface area (Å²) in [5, 5.41) is 2.54. The minimum atomic E-state index is -0.537. The Labute approximate surface area is 92.2 Å². The molecular formula is C10H11ClFNO2. The van der Waals surface area contributed by atoms with Gasteiger partial charge in [-0.2, -0.15) is 0 Å². The van der Waals surface area contributed by atoms with Crippen LogP contribution in [0.3, 0.4) is 0 Å². The Kier molecular flexibility index (Phi) is 4.52. The molecule has 5 heteroatoms. The number of hydrogen-bond donors (Lipinski definition) is 1. The van der Waals surface area contributed by atoms with E-state index in [0.29, 0.717) is 18.7 Å². The number of halogens is 2. The Hall–Kier alpha value is -1.13. The van der Waals surface area contributed by atoms with Gasteiger partial charge >= 0.3 is 0 Å². The third-order valence-electron chi connectivity index (χ3n) is 1.77. The smallest absolute Gasteiger partial charge is 0.251 e. The second-order valence-corrected chi connectivity index (χ2v) is 3.28. The van der Waals surface area contributed by atoms with Crippen LogP contribution < -0.4 is 5.32 Å². The summed E-state index contributed by atoms with van der Waals surface area (Å²) < 4.78 is 17.6. The predicted molar refractivity (Wildman–Crippen MR) is 55.6 cm³/mol. The van der Waals surface area contributed by atoms with E-state index in [1.54, 1.807) is 7.11 Å². The minimum absolute atomic E-state index is 0.0607. The SMILES string of the molecule is COCCNC(=O)c1ccc(F)c(Cl)c1. The third-order valence-corrected chi connectivity index (χ3v) is 2.06. The number of rotatable bonds is 4. The highest BCUT2D eigenvalue weighted by atomic mass is 35.5. The van der Waals surface area contributed by atoms with Gasteiger partial charge in [0.15, 0.2) is 0 Å². The molecule has 1 rings (SSSR count). The highest BCUT2D eigenvalue weighted by Crippen LogP contribution is 2.15. The Morgan fingerprint density at radius 3 is 2.93 bits per heavy atom. The van der Waals surface area contributed by atoms with Gasteiger partial charge in [-0.25, -0.2) is 4.39 Å². The Morgan fingerprint density at radius 2 is 2.33 bits per heavy atom. The zero-order valence-electron chi connectivity index (χ0n) is 8.22. The van der Waals surface area contributed by atoms with Crippen molar-refractivity contribution in [3.63, 3.8) is 0 Å². The molecule has 0 aromatic heterocycles. The number of methoxy groups -OCH3 is 1. The molecule has 1 N–H and O–H groups in total. The van der Waals surface area contributed by atoms with Crippen molar-refractivity contribution in [3.8, 4) is 0 Å². The lowest BCUT2D eigenvalue weighted by Gasteiger charge is -2.04. The molecule has 1 aromatic carbocycles. The molecule has 0 bridgehead atoms. The molecule has 15 heavy (non-hydrogen) atoms. The first-order valence-corrected chi connectivity index (χ1v) is 4.75. The Balaban J connectivity index is 2.62. The van der Waals surface area contributed by atoms with Crippen LogP contribution in [-0.2, 0) is 4.74 Å². The summed E-state index contributed by atoms with van der Waals surface area (Å²) in [6.07, 6.45) is 0. The van der Waals surface area contributed by atoms with Crippen LogP contribution in [-0.4, -0.2) is 26.2 Å². The molecule has 1 amide bonds. The molecule has 0 atom stereocenters. The fourth-order valence-electron chi connectivity index (χ4n) is 1.01. The number of benzene rings is 1. The van der Waals surface area contributed by atoms with Gasteiger partial charge in [0.1, 0.15) is 5.82 Å². The average Bonchev–Trinajstić information content (AvgIpc) is 2.22. The fraction of sp³-hybridized carbons (Fsp3) is 0.300. The van der Waals surface area contributed by atoms with Crippen LogP contribution in [0.1, 0.15) is 10.4 Å². The zero-order valence-corrected chi connectivity index (χ0v) is 8.97. The first-order chi connectivity index (χ1) is 7.15. The van der Waals surface area contributed by atoms with Gasteiger partial charge in [-0.3, -0.25) is 4.79 Å². The van der Waals surface area contributed by atoms with Gasteiger partial charge in [0.05, 0.1) is 11.6 Å². The Bertz CT molecular complexity index is 357. The van der Waals surface area contributed by atoms with Crippen LogP contribution in [0.15, 0.2) is 18.2 Å². The van der Waals surface area contributed by atoms with E-state index in [-0.39, 0.29) is 10.9 Å². The number of carbonyl (C=O) groups is 1. The van der Waals surface area contributed by atoms with E-state index in [9.17, 15) is 9.18 Å². The summed E-state index contributed by atoms with van der Waals surface area (Å²) >= 11 is 5.54. The number of carbonyl (C=O) groups excluding carboxylic acids is 1. The molecule has 0 unspecified atom stereocenters. The first-order valence-electron chi connectivity index (χ1n) is 4.37. The number of amides is 1. The molecule has 3 nitrogen and oxygen atoms in total. The quantitative estimate of drug-likeness (QED) is 0.804. The third kappa shape index (κ3) is 3.49. The van der Waals surface area contributed by atoms with E-state index < -0.39 is 5.82 Å². The number of nitrogens with one attached hydrogen (secondary N) is 1. The van der Waals surface area contributed by atoms with Crippen molar-refractivity contribution in [2.24, 2.45) is 0 Å². The maximum absolute atomic E-state index is 12.8. The van der Waals surface area contributed by atoms with Crippen molar-refractivity contribution < 1.29 is 13.9 Å². The molecule has 82 valence electrons. The summed E-state index contributed by atoms with van der Waals surface area (Å²) in [6.45, 7) is 0.838. The molecule has 0 saturated heterocycles. The van der Waals surface area contributed by atoms with E-state index in [1.165, 1.54) is 12.1 Å². The van der Waals surface area contributed by atoms with E-state index in [4.69, 9.17) is 16.3 Å². The lowest BCUT2D eigenvalue weighted by Crippen LogP contribution is -2.26. The summed E-state index contributed by atoms with van der Waals surface area (Å²) in [7, 11) is 1.54. The summed E-state index contributed by atoms with van der Waals surface area (Å²) in [5.74, 6) is -0.834. The second-order valence-electron chi connectivity index (χ2n) is 2.88. The zero-order chi connectivity index (χ0) is 11.3. The molecule has 0 heterocycles. The van der Waals surface area contributed by atoms with Crippen molar-refractivity contribution in [2.75, 3.05) is 20.3 Å². The van der Waals surface area contributed by atoms with Crippen molar-refractivity contribution in [1.82, 2.24) is 5.32 Å². The van der Waals surface area contributed by atoms with Gasteiger partial charge in [-0.05, 0) is 18.2 Å². The molecule has 0 aliphatic carbocycles. The molecular weight excluding hydrogens is 221 g/mol. The van der Waals surface area contributed by atoms with Gasteiger partial charge in [0.25, 0.3) is 5.91 Å². The minimum Gasteiger partial charge on any atom is -0.383 e. The molecule has 0 aliphatic rings. The standard InChI is InChI=1S/C10H11ClFNO2/c1-15-5-4-13-10(14)7-2-3-9(12)8(11)6-7/h2-3,6H,4-5H2,1H3,(H,13,14). The van der Waals surface area contributed by atoms with E-state index in [1.807, 2.05) is 0 Å². The monoisotopic (exact) mass is 231 g/mol. The maximum atomic E-state index is 12.8. The van der Waals surface area contributed by atoms with Gasteiger partial charge in [0.2, 0.25) is 0 Å². The normalized spacial score (nSPS) is 10.1. The second kappa shape index (κ2) is 5.68. The number of ether oxygens (including phenoxy) is 1. The van der Waals surface area contributed by atoms with E-state index in [0.717, 1.165) is 6.07 Å².